The maximum atomic E-state index is 11.9. The summed E-state index contributed by atoms with van der Waals surface area (Å²) in [6, 6.07) is 3.82. The third-order valence-electron chi connectivity index (χ3n) is 5.21. The molecule has 8 nitrogen and oxygen atoms in total. The number of nitrogens with zero attached hydrogens (tertiary/aromatic N) is 5. The zero-order valence-electron chi connectivity index (χ0n) is 18.6. The SMILES string of the molecule is Cc1cnc(-c2cc(N3CCc4nc(NC(=O)NC(C)C)ncc4C3)ncc2Cl)c(C)c1. The number of aryl methyl sites for hydroxylation is 2. The summed E-state index contributed by atoms with van der Waals surface area (Å²) in [7, 11) is 0. The predicted octanol–water partition coefficient (Wildman–Crippen LogP) is 4.30. The van der Waals surface area contributed by atoms with Crippen molar-refractivity contribution in [3.8, 4) is 11.3 Å². The lowest BCUT2D eigenvalue weighted by Crippen LogP contribution is -2.35. The summed E-state index contributed by atoms with van der Waals surface area (Å²) in [5, 5.41) is 6.03. The molecule has 0 unspecified atom stereocenters. The average molecular weight is 452 g/mol. The molecule has 0 radical (unpaired) electrons. The van der Waals surface area contributed by atoms with Crippen molar-refractivity contribution in [1.82, 2.24) is 25.3 Å². The third kappa shape index (κ3) is 4.80. The molecule has 2 N–H and O–H groups in total. The van der Waals surface area contributed by atoms with E-state index in [1.807, 2.05) is 40.0 Å². The van der Waals surface area contributed by atoms with Crippen molar-refractivity contribution in [2.24, 2.45) is 0 Å². The maximum absolute atomic E-state index is 11.9. The van der Waals surface area contributed by atoms with Gasteiger partial charge in [0.25, 0.3) is 0 Å². The highest BCUT2D eigenvalue weighted by Gasteiger charge is 2.21. The molecule has 0 saturated carbocycles. The fourth-order valence-corrected chi connectivity index (χ4v) is 3.94. The molecule has 166 valence electrons. The maximum Gasteiger partial charge on any atom is 0.321 e. The largest absolute Gasteiger partial charge is 0.352 e. The quantitative estimate of drug-likeness (QED) is 0.614. The van der Waals surface area contributed by atoms with Crippen LogP contribution in [0.3, 0.4) is 0 Å². The average Bonchev–Trinajstić information content (AvgIpc) is 2.73. The van der Waals surface area contributed by atoms with Crippen molar-refractivity contribution in [2.45, 2.75) is 46.7 Å². The van der Waals surface area contributed by atoms with Crippen LogP contribution in [0.5, 0.6) is 0 Å². The van der Waals surface area contributed by atoms with E-state index in [0.29, 0.717) is 17.5 Å². The van der Waals surface area contributed by atoms with E-state index in [2.05, 4.69) is 41.5 Å². The molecule has 0 aromatic carbocycles. The standard InChI is InChI=1S/C23H26ClN7O/c1-13(2)28-23(32)30-22-27-10-16-12-31(6-5-19(16)29-22)20-8-17(18(24)11-25-20)21-15(4)7-14(3)9-26-21/h7-11,13H,5-6,12H2,1-4H3,(H2,27,28,29,30,32). The number of urea groups is 1. The molecule has 3 aromatic rings. The molecule has 4 rings (SSSR count). The number of fused-ring (bicyclic) bond motifs is 1. The number of hydrogen-bond donors (Lipinski definition) is 2. The summed E-state index contributed by atoms with van der Waals surface area (Å²) < 4.78 is 0. The number of halogens is 1. The van der Waals surface area contributed by atoms with Crippen LogP contribution >= 0.6 is 11.6 Å². The molecule has 3 aromatic heterocycles. The Morgan fingerprint density at radius 2 is 1.94 bits per heavy atom. The minimum absolute atomic E-state index is 0.0387. The number of hydrogen-bond acceptors (Lipinski definition) is 6. The van der Waals surface area contributed by atoms with E-state index in [-0.39, 0.29) is 12.1 Å². The Morgan fingerprint density at radius 1 is 1.12 bits per heavy atom. The van der Waals surface area contributed by atoms with Crippen LogP contribution in [0, 0.1) is 13.8 Å². The topological polar surface area (TPSA) is 95.9 Å². The highest BCUT2D eigenvalue weighted by molar-refractivity contribution is 6.33. The van der Waals surface area contributed by atoms with E-state index in [4.69, 9.17) is 11.6 Å². The number of aromatic nitrogens is 4. The van der Waals surface area contributed by atoms with Crippen molar-refractivity contribution in [3.05, 3.63) is 58.1 Å². The van der Waals surface area contributed by atoms with Gasteiger partial charge in [-0.25, -0.2) is 19.7 Å². The van der Waals surface area contributed by atoms with E-state index in [1.54, 1.807) is 12.4 Å². The van der Waals surface area contributed by atoms with Crippen LogP contribution in [-0.4, -0.2) is 38.6 Å². The highest BCUT2D eigenvalue weighted by Crippen LogP contribution is 2.32. The Morgan fingerprint density at radius 3 is 2.69 bits per heavy atom. The Bertz CT molecular complexity index is 1170. The third-order valence-corrected chi connectivity index (χ3v) is 5.52. The van der Waals surface area contributed by atoms with Crippen LogP contribution in [0.2, 0.25) is 5.02 Å². The van der Waals surface area contributed by atoms with Gasteiger partial charge in [0, 0.05) is 55.3 Å². The second-order valence-electron chi connectivity index (χ2n) is 8.29. The van der Waals surface area contributed by atoms with Crippen LogP contribution in [0.1, 0.15) is 36.2 Å². The number of carbonyl (C=O) groups is 1. The van der Waals surface area contributed by atoms with Crippen molar-refractivity contribution >= 4 is 29.4 Å². The monoisotopic (exact) mass is 451 g/mol. The molecular formula is C23H26ClN7O. The molecule has 0 fully saturated rings. The molecule has 0 saturated heterocycles. The smallest absolute Gasteiger partial charge is 0.321 e. The predicted molar refractivity (Wildman–Crippen MR) is 126 cm³/mol. The van der Waals surface area contributed by atoms with E-state index < -0.39 is 0 Å². The summed E-state index contributed by atoms with van der Waals surface area (Å²) in [6.07, 6.45) is 6.02. The Hall–Kier alpha value is -3.26. The summed E-state index contributed by atoms with van der Waals surface area (Å²) in [6.45, 7) is 9.22. The lowest BCUT2D eigenvalue weighted by molar-refractivity contribution is 0.250. The van der Waals surface area contributed by atoms with Crippen LogP contribution in [0.25, 0.3) is 11.3 Å². The lowest BCUT2D eigenvalue weighted by Gasteiger charge is -2.29. The second kappa shape index (κ2) is 9.08. The Balaban J connectivity index is 1.54. The van der Waals surface area contributed by atoms with Gasteiger partial charge >= 0.3 is 6.03 Å². The van der Waals surface area contributed by atoms with Crippen molar-refractivity contribution in [1.29, 1.82) is 0 Å². The van der Waals surface area contributed by atoms with E-state index in [0.717, 1.165) is 52.4 Å². The van der Waals surface area contributed by atoms with Gasteiger partial charge in [-0.15, -0.1) is 0 Å². The molecule has 1 aliphatic heterocycles. The molecule has 2 amide bonds. The highest BCUT2D eigenvalue weighted by atomic mass is 35.5. The van der Waals surface area contributed by atoms with Gasteiger partial charge in [0.15, 0.2) is 0 Å². The molecule has 0 spiro atoms. The fraction of sp³-hybridized carbons (Fsp3) is 0.348. The first-order valence-electron chi connectivity index (χ1n) is 10.6. The number of amides is 2. The van der Waals surface area contributed by atoms with Crippen molar-refractivity contribution in [2.75, 3.05) is 16.8 Å². The lowest BCUT2D eigenvalue weighted by atomic mass is 10.0. The first-order valence-corrected chi connectivity index (χ1v) is 10.9. The molecule has 4 heterocycles. The van der Waals surface area contributed by atoms with Crippen molar-refractivity contribution < 1.29 is 4.79 Å². The Labute approximate surface area is 192 Å². The molecule has 1 aliphatic rings. The number of carbonyl (C=O) groups excluding carboxylic acids is 1. The number of anilines is 2. The van der Waals surface area contributed by atoms with Gasteiger partial charge in [0.1, 0.15) is 5.82 Å². The van der Waals surface area contributed by atoms with Gasteiger partial charge < -0.3 is 10.2 Å². The molecular weight excluding hydrogens is 426 g/mol. The normalized spacial score (nSPS) is 13.1. The zero-order valence-corrected chi connectivity index (χ0v) is 19.4. The van der Waals surface area contributed by atoms with Gasteiger partial charge in [-0.1, -0.05) is 17.7 Å². The van der Waals surface area contributed by atoms with Gasteiger partial charge in [-0.3, -0.25) is 10.3 Å². The number of rotatable bonds is 4. The van der Waals surface area contributed by atoms with Crippen LogP contribution in [0.15, 0.2) is 30.7 Å². The molecule has 0 aliphatic carbocycles. The first-order chi connectivity index (χ1) is 15.3. The van der Waals surface area contributed by atoms with E-state index >= 15 is 0 Å². The summed E-state index contributed by atoms with van der Waals surface area (Å²) >= 11 is 6.47. The summed E-state index contributed by atoms with van der Waals surface area (Å²) in [4.78, 5) is 32.1. The minimum Gasteiger partial charge on any atom is -0.352 e. The minimum atomic E-state index is -0.310. The first kappa shape index (κ1) is 22.0. The van der Waals surface area contributed by atoms with Crippen LogP contribution in [0.4, 0.5) is 16.6 Å². The van der Waals surface area contributed by atoms with E-state index in [1.165, 1.54) is 0 Å². The van der Waals surface area contributed by atoms with E-state index in [9.17, 15) is 4.79 Å². The fourth-order valence-electron chi connectivity index (χ4n) is 3.75. The molecule has 9 heteroatoms. The van der Waals surface area contributed by atoms with Crippen LogP contribution in [-0.2, 0) is 13.0 Å². The number of nitrogens with one attached hydrogen (secondary N) is 2. The molecule has 0 bridgehead atoms. The summed E-state index contributed by atoms with van der Waals surface area (Å²) in [5.41, 5.74) is 5.85. The number of pyridine rings is 2. The van der Waals surface area contributed by atoms with Gasteiger partial charge in [0.05, 0.1) is 16.4 Å². The summed E-state index contributed by atoms with van der Waals surface area (Å²) in [5.74, 6) is 1.14. The Kier molecular flexibility index (Phi) is 6.23. The van der Waals surface area contributed by atoms with Gasteiger partial charge in [0.2, 0.25) is 5.95 Å². The molecule has 0 atom stereocenters. The molecule has 32 heavy (non-hydrogen) atoms. The van der Waals surface area contributed by atoms with Gasteiger partial charge in [-0.05, 0) is 44.9 Å². The van der Waals surface area contributed by atoms with Crippen LogP contribution < -0.4 is 15.5 Å². The second-order valence-corrected chi connectivity index (χ2v) is 8.70. The zero-order chi connectivity index (χ0) is 22.8. The van der Waals surface area contributed by atoms with Crippen molar-refractivity contribution in [3.63, 3.8) is 0 Å². The van der Waals surface area contributed by atoms with Gasteiger partial charge in [-0.2, -0.15) is 0 Å².